The predicted molar refractivity (Wildman–Crippen MR) is 61.8 cm³/mol. The molecule has 0 saturated carbocycles. The zero-order valence-corrected chi connectivity index (χ0v) is 9.24. The van der Waals surface area contributed by atoms with Crippen LogP contribution in [-0.4, -0.2) is 21.7 Å². The molecule has 1 aromatic rings. The van der Waals surface area contributed by atoms with Crippen molar-refractivity contribution in [1.29, 1.82) is 0 Å². The molecule has 0 radical (unpaired) electrons. The molecule has 5 nitrogen and oxygen atoms in total. The topological polar surface area (TPSA) is 71.3 Å². The maximum atomic E-state index is 12.0. The van der Waals surface area contributed by atoms with Gasteiger partial charge in [0.15, 0.2) is 0 Å². The maximum Gasteiger partial charge on any atom is 0.307 e. The number of aliphatic carboxylic acids is 1. The second-order valence-electron chi connectivity index (χ2n) is 4.06. The Morgan fingerprint density at radius 3 is 2.29 bits per heavy atom. The molecule has 1 aromatic heterocycles. The Morgan fingerprint density at radius 2 is 1.71 bits per heavy atom. The molecule has 0 spiro atoms. The smallest absolute Gasteiger partial charge is 0.307 e. The summed E-state index contributed by atoms with van der Waals surface area (Å²) in [5.41, 5.74) is 2.66. The van der Waals surface area contributed by atoms with Crippen LogP contribution >= 0.6 is 0 Å². The van der Waals surface area contributed by atoms with E-state index >= 15 is 0 Å². The van der Waals surface area contributed by atoms with E-state index in [1.54, 1.807) is 24.5 Å². The maximum absolute atomic E-state index is 12.0. The van der Waals surface area contributed by atoms with Crippen LogP contribution in [0.3, 0.4) is 0 Å². The van der Waals surface area contributed by atoms with Gasteiger partial charge in [0.25, 0.3) is 0 Å². The van der Waals surface area contributed by atoms with E-state index in [1.165, 1.54) is 4.68 Å². The van der Waals surface area contributed by atoms with Gasteiger partial charge in [-0.05, 0) is 25.0 Å². The number of hydrogen-bond acceptors (Lipinski definition) is 2. The van der Waals surface area contributed by atoms with E-state index in [9.17, 15) is 9.59 Å². The molecule has 2 rings (SSSR count). The molecule has 0 aliphatic heterocycles. The molecule has 1 aliphatic carbocycles. The van der Waals surface area contributed by atoms with Crippen molar-refractivity contribution in [2.75, 3.05) is 5.43 Å². The third-order valence-corrected chi connectivity index (χ3v) is 2.93. The van der Waals surface area contributed by atoms with E-state index in [0.717, 1.165) is 0 Å². The number of carbonyl (C=O) groups excluding carboxylic acids is 1. The zero-order valence-electron chi connectivity index (χ0n) is 9.24. The molecule has 2 atom stereocenters. The van der Waals surface area contributed by atoms with Crippen molar-refractivity contribution in [1.82, 2.24) is 4.68 Å². The van der Waals surface area contributed by atoms with Crippen molar-refractivity contribution in [3.8, 4) is 0 Å². The van der Waals surface area contributed by atoms with E-state index in [4.69, 9.17) is 5.11 Å². The first kappa shape index (κ1) is 11.4. The second-order valence-corrected chi connectivity index (χ2v) is 4.06. The van der Waals surface area contributed by atoms with Gasteiger partial charge >= 0.3 is 5.97 Å². The highest BCUT2D eigenvalue weighted by Crippen LogP contribution is 2.26. The summed E-state index contributed by atoms with van der Waals surface area (Å²) in [6, 6.07) is 3.57. The minimum absolute atomic E-state index is 0.252. The van der Waals surface area contributed by atoms with E-state index in [2.05, 4.69) is 5.43 Å². The van der Waals surface area contributed by atoms with Crippen molar-refractivity contribution >= 4 is 11.9 Å². The molecular formula is C12H14N2O3. The molecule has 0 bridgehead atoms. The van der Waals surface area contributed by atoms with Crippen LogP contribution in [0.4, 0.5) is 0 Å². The van der Waals surface area contributed by atoms with Crippen LogP contribution in [0.5, 0.6) is 0 Å². The van der Waals surface area contributed by atoms with Gasteiger partial charge < -0.3 is 5.11 Å². The molecule has 1 amide bonds. The first-order chi connectivity index (χ1) is 8.18. The highest BCUT2D eigenvalue weighted by atomic mass is 16.4. The summed E-state index contributed by atoms with van der Waals surface area (Å²) in [6.45, 7) is 0. The van der Waals surface area contributed by atoms with Crippen molar-refractivity contribution in [2.45, 2.75) is 12.8 Å². The molecular weight excluding hydrogens is 220 g/mol. The number of amides is 1. The Kier molecular flexibility index (Phi) is 3.27. The summed E-state index contributed by atoms with van der Waals surface area (Å²) in [5, 5.41) is 9.06. The Labute approximate surface area is 98.7 Å². The fraction of sp³-hybridized carbons (Fsp3) is 0.333. The SMILES string of the molecule is O=C(O)C1CC=CCC1C(=O)Nn1cccc1. The molecule has 90 valence electrons. The number of carboxylic acid groups (broad SMARTS) is 1. The van der Waals surface area contributed by atoms with Gasteiger partial charge in [-0.3, -0.25) is 19.7 Å². The number of aromatic nitrogens is 1. The number of rotatable bonds is 3. The standard InChI is InChI=1S/C12H14N2O3/c15-11(13-14-7-3-4-8-14)9-5-1-2-6-10(9)12(16)17/h1-4,7-10H,5-6H2,(H,13,15)(H,16,17). The molecule has 0 aromatic carbocycles. The summed E-state index contributed by atoms with van der Waals surface area (Å²) < 4.78 is 1.53. The van der Waals surface area contributed by atoms with Crippen molar-refractivity contribution < 1.29 is 14.7 Å². The molecule has 0 saturated heterocycles. The van der Waals surface area contributed by atoms with Gasteiger partial charge in [-0.2, -0.15) is 0 Å². The highest BCUT2D eigenvalue weighted by molar-refractivity contribution is 5.90. The van der Waals surface area contributed by atoms with E-state index in [-0.39, 0.29) is 5.91 Å². The van der Waals surface area contributed by atoms with Crippen LogP contribution in [0.2, 0.25) is 0 Å². The van der Waals surface area contributed by atoms with Crippen LogP contribution in [0.25, 0.3) is 0 Å². The monoisotopic (exact) mass is 234 g/mol. The number of nitrogens with zero attached hydrogens (tertiary/aromatic N) is 1. The minimum Gasteiger partial charge on any atom is -0.481 e. The zero-order chi connectivity index (χ0) is 12.3. The molecule has 1 aliphatic rings. The summed E-state index contributed by atoms with van der Waals surface area (Å²) in [6.07, 6.45) is 7.97. The normalized spacial score (nSPS) is 23.3. The lowest BCUT2D eigenvalue weighted by Gasteiger charge is -2.24. The fourth-order valence-corrected chi connectivity index (χ4v) is 2.00. The number of carbonyl (C=O) groups is 2. The van der Waals surface area contributed by atoms with Gasteiger partial charge in [0.1, 0.15) is 0 Å². The summed E-state index contributed by atoms with van der Waals surface area (Å²) in [7, 11) is 0. The fourth-order valence-electron chi connectivity index (χ4n) is 2.00. The van der Waals surface area contributed by atoms with Crippen molar-refractivity contribution in [3.63, 3.8) is 0 Å². The number of carboxylic acids is 1. The van der Waals surface area contributed by atoms with Crippen LogP contribution in [-0.2, 0) is 9.59 Å². The molecule has 1 heterocycles. The van der Waals surface area contributed by atoms with Crippen molar-refractivity contribution in [2.24, 2.45) is 11.8 Å². The molecule has 2 unspecified atom stereocenters. The van der Waals surface area contributed by atoms with Gasteiger partial charge in [0.2, 0.25) is 5.91 Å². The van der Waals surface area contributed by atoms with Gasteiger partial charge in [0.05, 0.1) is 11.8 Å². The number of hydrogen-bond donors (Lipinski definition) is 2. The molecule has 0 fully saturated rings. The molecule has 2 N–H and O–H groups in total. The van der Waals surface area contributed by atoms with Gasteiger partial charge in [-0.1, -0.05) is 12.2 Å². The molecule has 5 heteroatoms. The Bertz CT molecular complexity index is 437. The lowest BCUT2D eigenvalue weighted by molar-refractivity contribution is -0.146. The summed E-state index contributed by atoms with van der Waals surface area (Å²) in [5.74, 6) is -2.30. The van der Waals surface area contributed by atoms with Crippen molar-refractivity contribution in [3.05, 3.63) is 36.7 Å². The lowest BCUT2D eigenvalue weighted by Crippen LogP contribution is -2.37. The average molecular weight is 234 g/mol. The van der Waals surface area contributed by atoms with Gasteiger partial charge in [-0.15, -0.1) is 0 Å². The highest BCUT2D eigenvalue weighted by Gasteiger charge is 2.33. The van der Waals surface area contributed by atoms with Gasteiger partial charge in [-0.25, -0.2) is 0 Å². The average Bonchev–Trinajstić information content (AvgIpc) is 2.81. The number of allylic oxidation sites excluding steroid dienone is 2. The quantitative estimate of drug-likeness (QED) is 0.772. The molecule has 17 heavy (non-hydrogen) atoms. The Balaban J connectivity index is 2.07. The van der Waals surface area contributed by atoms with Gasteiger partial charge in [0, 0.05) is 12.4 Å². The largest absolute Gasteiger partial charge is 0.481 e. The second kappa shape index (κ2) is 4.86. The van der Waals surface area contributed by atoms with E-state index in [0.29, 0.717) is 12.8 Å². The van der Waals surface area contributed by atoms with Crippen LogP contribution in [0, 0.1) is 11.8 Å². The van der Waals surface area contributed by atoms with E-state index < -0.39 is 17.8 Å². The number of nitrogens with one attached hydrogen (secondary N) is 1. The first-order valence-electron chi connectivity index (χ1n) is 5.50. The third kappa shape index (κ3) is 2.55. The first-order valence-corrected chi connectivity index (χ1v) is 5.50. The predicted octanol–water partition coefficient (Wildman–Crippen LogP) is 1.23. The summed E-state index contributed by atoms with van der Waals surface area (Å²) >= 11 is 0. The third-order valence-electron chi connectivity index (χ3n) is 2.93. The van der Waals surface area contributed by atoms with Crippen LogP contribution in [0.15, 0.2) is 36.7 Å². The van der Waals surface area contributed by atoms with Crippen LogP contribution in [0.1, 0.15) is 12.8 Å². The Morgan fingerprint density at radius 1 is 1.12 bits per heavy atom. The summed E-state index contributed by atoms with van der Waals surface area (Å²) in [4.78, 5) is 23.0. The minimum atomic E-state index is -0.915. The van der Waals surface area contributed by atoms with Crippen LogP contribution < -0.4 is 5.43 Å². The Hall–Kier alpha value is -2.04. The lowest BCUT2D eigenvalue weighted by atomic mass is 9.82. The van der Waals surface area contributed by atoms with E-state index in [1.807, 2.05) is 12.2 Å².